The van der Waals surface area contributed by atoms with E-state index in [1.165, 1.54) is 6.07 Å². The van der Waals surface area contributed by atoms with Gasteiger partial charge in [0.2, 0.25) is 23.2 Å². The quantitative estimate of drug-likeness (QED) is 0.764. The summed E-state index contributed by atoms with van der Waals surface area (Å²) in [5.74, 6) is 0.307. The van der Waals surface area contributed by atoms with Crippen LogP contribution in [0.2, 0.25) is 0 Å². The molecular formula is C9H7N5O4S2. The molecular weight excluding hydrogens is 306 g/mol. The van der Waals surface area contributed by atoms with Crippen molar-refractivity contribution in [2.45, 2.75) is 11.1 Å². The van der Waals surface area contributed by atoms with Gasteiger partial charge in [-0.3, -0.25) is 4.72 Å². The van der Waals surface area contributed by atoms with Gasteiger partial charge in [0.1, 0.15) is 4.21 Å². The van der Waals surface area contributed by atoms with Crippen molar-refractivity contribution in [3.63, 3.8) is 0 Å². The number of rotatable bonds is 4. The van der Waals surface area contributed by atoms with Crippen molar-refractivity contribution in [1.82, 2.24) is 20.5 Å². The van der Waals surface area contributed by atoms with Gasteiger partial charge >= 0.3 is 0 Å². The van der Waals surface area contributed by atoms with Crippen LogP contribution in [0.25, 0.3) is 11.5 Å². The fraction of sp³-hybridized carbons (Fsp3) is 0.111. The molecule has 0 saturated carbocycles. The number of hydrogen-bond donors (Lipinski definition) is 1. The zero-order valence-corrected chi connectivity index (χ0v) is 11.6. The van der Waals surface area contributed by atoms with Crippen molar-refractivity contribution < 1.29 is 17.6 Å². The Balaban J connectivity index is 1.95. The van der Waals surface area contributed by atoms with Crippen LogP contribution >= 0.6 is 11.3 Å². The average Bonchev–Trinajstić information content (AvgIpc) is 3.07. The van der Waals surface area contributed by atoms with Gasteiger partial charge in [-0.25, -0.2) is 13.0 Å². The summed E-state index contributed by atoms with van der Waals surface area (Å²) in [7, 11) is -3.74. The molecule has 0 unspecified atom stereocenters. The largest absolute Gasteiger partial charge is 0.339 e. The van der Waals surface area contributed by atoms with Crippen LogP contribution in [0.4, 0.5) is 5.82 Å². The van der Waals surface area contributed by atoms with E-state index < -0.39 is 10.0 Å². The molecule has 0 saturated heterocycles. The van der Waals surface area contributed by atoms with Crippen LogP contribution in [0, 0.1) is 6.92 Å². The molecule has 0 radical (unpaired) electrons. The van der Waals surface area contributed by atoms with E-state index in [-0.39, 0.29) is 21.5 Å². The minimum atomic E-state index is -3.74. The maximum absolute atomic E-state index is 12.1. The molecule has 3 aromatic rings. The summed E-state index contributed by atoms with van der Waals surface area (Å²) in [5.41, 5.74) is 0.0574. The number of aromatic nitrogens is 4. The number of aryl methyl sites for hydroxylation is 1. The summed E-state index contributed by atoms with van der Waals surface area (Å²) in [6, 6.07) is 3.10. The van der Waals surface area contributed by atoms with Crippen molar-refractivity contribution in [2.24, 2.45) is 0 Å². The lowest BCUT2D eigenvalue weighted by atomic mass is 10.4. The van der Waals surface area contributed by atoms with E-state index in [4.69, 9.17) is 4.52 Å². The fourth-order valence-electron chi connectivity index (χ4n) is 1.39. The minimum absolute atomic E-state index is 0.0574. The fourth-order valence-corrected chi connectivity index (χ4v) is 3.39. The Labute approximate surface area is 116 Å². The van der Waals surface area contributed by atoms with Gasteiger partial charge in [-0.05, 0) is 21.8 Å². The van der Waals surface area contributed by atoms with Gasteiger partial charge in [0.25, 0.3) is 10.0 Å². The third-order valence-corrected chi connectivity index (χ3v) is 4.96. The molecule has 9 nitrogen and oxygen atoms in total. The lowest BCUT2D eigenvalue weighted by Crippen LogP contribution is -2.12. The summed E-state index contributed by atoms with van der Waals surface area (Å²) in [6.07, 6.45) is 0. The predicted octanol–water partition coefficient (Wildman–Crippen LogP) is 1.29. The number of sulfonamides is 1. The SMILES string of the molecule is Cc1nc(-c2nonc2NS(=O)(=O)c2cccs2)no1. The number of nitrogens with zero attached hydrogens (tertiary/aromatic N) is 4. The molecule has 0 bridgehead atoms. The van der Waals surface area contributed by atoms with Gasteiger partial charge in [0, 0.05) is 6.92 Å². The van der Waals surface area contributed by atoms with Crippen LogP contribution in [-0.2, 0) is 10.0 Å². The van der Waals surface area contributed by atoms with E-state index in [0.29, 0.717) is 5.89 Å². The van der Waals surface area contributed by atoms with E-state index in [0.717, 1.165) is 11.3 Å². The van der Waals surface area contributed by atoms with Crippen molar-refractivity contribution in [2.75, 3.05) is 4.72 Å². The van der Waals surface area contributed by atoms with Gasteiger partial charge in [-0.1, -0.05) is 11.2 Å². The first kappa shape index (κ1) is 12.7. The van der Waals surface area contributed by atoms with Crippen molar-refractivity contribution >= 4 is 27.2 Å². The van der Waals surface area contributed by atoms with Crippen molar-refractivity contribution in [3.8, 4) is 11.5 Å². The Kier molecular flexibility index (Phi) is 2.99. The molecule has 0 aliphatic heterocycles. The van der Waals surface area contributed by atoms with Crippen LogP contribution in [-0.4, -0.2) is 28.9 Å². The van der Waals surface area contributed by atoms with Crippen LogP contribution in [0.15, 0.2) is 30.9 Å². The Morgan fingerprint density at radius 1 is 1.30 bits per heavy atom. The second-order valence-corrected chi connectivity index (χ2v) is 6.49. The maximum atomic E-state index is 12.1. The number of hydrogen-bond acceptors (Lipinski definition) is 9. The van der Waals surface area contributed by atoms with Crippen molar-refractivity contribution in [1.29, 1.82) is 0 Å². The zero-order valence-electron chi connectivity index (χ0n) is 9.97. The van der Waals surface area contributed by atoms with Crippen LogP contribution in [0.5, 0.6) is 0 Å². The summed E-state index contributed by atoms with van der Waals surface area (Å²) >= 11 is 1.08. The third kappa shape index (κ3) is 2.28. The first-order valence-electron chi connectivity index (χ1n) is 5.26. The lowest BCUT2D eigenvalue weighted by molar-refractivity contribution is 0.310. The molecule has 0 atom stereocenters. The molecule has 1 N–H and O–H groups in total. The topological polar surface area (TPSA) is 124 Å². The van der Waals surface area contributed by atoms with Crippen molar-refractivity contribution in [3.05, 3.63) is 23.4 Å². The summed E-state index contributed by atoms with van der Waals surface area (Å²) in [6.45, 7) is 1.60. The predicted molar refractivity (Wildman–Crippen MR) is 67.5 cm³/mol. The highest BCUT2D eigenvalue weighted by Gasteiger charge is 2.23. The Morgan fingerprint density at radius 3 is 2.80 bits per heavy atom. The number of nitrogens with one attached hydrogen (secondary N) is 1. The smallest absolute Gasteiger partial charge is 0.272 e. The molecule has 0 spiro atoms. The van der Waals surface area contributed by atoms with Crippen LogP contribution < -0.4 is 4.72 Å². The Bertz CT molecular complexity index is 820. The minimum Gasteiger partial charge on any atom is -0.339 e. The summed E-state index contributed by atoms with van der Waals surface area (Å²) in [5, 5.41) is 12.4. The molecule has 20 heavy (non-hydrogen) atoms. The molecule has 0 amide bonds. The van der Waals surface area contributed by atoms with Crippen LogP contribution in [0.1, 0.15) is 5.89 Å². The average molecular weight is 313 g/mol. The highest BCUT2D eigenvalue weighted by atomic mass is 32.2. The van der Waals surface area contributed by atoms with E-state index in [1.807, 2.05) is 0 Å². The molecule has 0 aliphatic carbocycles. The number of thiophene rings is 1. The molecule has 0 aromatic carbocycles. The van der Waals surface area contributed by atoms with E-state index in [2.05, 4.69) is 29.8 Å². The van der Waals surface area contributed by atoms with Gasteiger partial charge < -0.3 is 4.52 Å². The van der Waals surface area contributed by atoms with Crippen LogP contribution in [0.3, 0.4) is 0 Å². The van der Waals surface area contributed by atoms with Gasteiger partial charge in [-0.2, -0.15) is 4.98 Å². The standard InChI is InChI=1S/C9H7N5O4S2/c1-5-10-8(12-17-5)7-9(13-18-11-7)14-20(15,16)6-3-2-4-19-6/h2-4H,1H3,(H,13,14). The first-order valence-corrected chi connectivity index (χ1v) is 7.62. The monoisotopic (exact) mass is 313 g/mol. The summed E-state index contributed by atoms with van der Waals surface area (Å²) in [4.78, 5) is 3.93. The number of anilines is 1. The second kappa shape index (κ2) is 4.68. The maximum Gasteiger partial charge on any atom is 0.272 e. The summed E-state index contributed by atoms with van der Waals surface area (Å²) < 4.78 is 35.9. The Hall–Kier alpha value is -2.27. The first-order chi connectivity index (χ1) is 9.56. The van der Waals surface area contributed by atoms with E-state index in [9.17, 15) is 8.42 Å². The van der Waals surface area contributed by atoms with Gasteiger partial charge in [0.15, 0.2) is 0 Å². The normalized spacial score (nSPS) is 11.7. The molecule has 104 valence electrons. The molecule has 0 aliphatic rings. The molecule has 3 rings (SSSR count). The highest BCUT2D eigenvalue weighted by molar-refractivity contribution is 7.94. The third-order valence-electron chi connectivity index (χ3n) is 2.22. The van der Waals surface area contributed by atoms with E-state index in [1.54, 1.807) is 18.4 Å². The Morgan fingerprint density at radius 2 is 2.15 bits per heavy atom. The second-order valence-electron chi connectivity index (χ2n) is 3.64. The van der Waals surface area contributed by atoms with Gasteiger partial charge in [-0.15, -0.1) is 11.3 Å². The molecule has 0 fully saturated rings. The zero-order chi connectivity index (χ0) is 14.2. The van der Waals surface area contributed by atoms with E-state index >= 15 is 0 Å². The molecule has 3 aromatic heterocycles. The highest BCUT2D eigenvalue weighted by Crippen LogP contribution is 2.25. The lowest BCUT2D eigenvalue weighted by Gasteiger charge is -2.01. The molecule has 3 heterocycles. The van der Waals surface area contributed by atoms with Gasteiger partial charge in [0.05, 0.1) is 0 Å². The molecule has 11 heteroatoms.